The molecule has 0 rings (SSSR count). The third kappa shape index (κ3) is 5.28. The summed E-state index contributed by atoms with van der Waals surface area (Å²) in [6, 6.07) is 0. The average Bonchev–Trinajstić information content (AvgIpc) is 2.32. The van der Waals surface area contributed by atoms with E-state index in [1.807, 2.05) is 0 Å². The van der Waals surface area contributed by atoms with E-state index >= 15 is 0 Å². The Morgan fingerprint density at radius 2 is 1.50 bits per heavy atom. The van der Waals surface area contributed by atoms with Crippen molar-refractivity contribution >= 4 is 11.9 Å². The van der Waals surface area contributed by atoms with Crippen LogP contribution in [0.5, 0.6) is 0 Å². The van der Waals surface area contributed by atoms with Crippen molar-refractivity contribution in [1.29, 1.82) is 0 Å². The zero-order chi connectivity index (χ0) is 12.6. The lowest BCUT2D eigenvalue weighted by molar-refractivity contribution is -0.161. The minimum Gasteiger partial charge on any atom is -0.459 e. The van der Waals surface area contributed by atoms with Crippen LogP contribution in [0.4, 0.5) is 0 Å². The molecule has 0 atom stereocenters. The normalized spacial score (nSPS) is 10.4. The molecule has 16 heavy (non-hydrogen) atoms. The van der Waals surface area contributed by atoms with Crippen molar-refractivity contribution in [3.63, 3.8) is 0 Å². The first-order chi connectivity index (χ1) is 7.47. The number of esters is 2. The monoisotopic (exact) mass is 230 g/mol. The van der Waals surface area contributed by atoms with E-state index in [2.05, 4.69) is 22.6 Å². The Bertz CT molecular complexity index is 259. The second-order valence-corrected chi connectivity index (χ2v) is 3.01. The lowest BCUT2D eigenvalue weighted by Crippen LogP contribution is -2.44. The maximum absolute atomic E-state index is 10.7. The van der Waals surface area contributed by atoms with Gasteiger partial charge in [-0.25, -0.2) is 9.59 Å². The highest BCUT2D eigenvalue weighted by molar-refractivity contribution is 5.81. The fourth-order valence-electron chi connectivity index (χ4n) is 0.662. The zero-order valence-corrected chi connectivity index (χ0v) is 8.72. The van der Waals surface area contributed by atoms with Gasteiger partial charge in [0.1, 0.15) is 13.2 Å². The molecule has 6 nitrogen and oxygen atoms in total. The van der Waals surface area contributed by atoms with Crippen molar-refractivity contribution in [2.45, 2.75) is 5.60 Å². The summed E-state index contributed by atoms with van der Waals surface area (Å²) in [7, 11) is 0. The van der Waals surface area contributed by atoms with E-state index in [0.29, 0.717) is 0 Å². The fraction of sp³-hybridized carbons (Fsp3) is 0.400. The highest BCUT2D eigenvalue weighted by Crippen LogP contribution is 2.06. The van der Waals surface area contributed by atoms with Gasteiger partial charge >= 0.3 is 11.9 Å². The van der Waals surface area contributed by atoms with E-state index in [0.717, 1.165) is 12.2 Å². The average molecular weight is 230 g/mol. The number of aliphatic hydroxyl groups excluding tert-OH is 1. The van der Waals surface area contributed by atoms with E-state index in [4.69, 9.17) is 5.11 Å². The van der Waals surface area contributed by atoms with Gasteiger partial charge in [-0.3, -0.25) is 0 Å². The maximum Gasteiger partial charge on any atom is 0.330 e. The Hall–Kier alpha value is -1.66. The van der Waals surface area contributed by atoms with Crippen LogP contribution in [0.1, 0.15) is 0 Å². The van der Waals surface area contributed by atoms with Crippen molar-refractivity contribution in [3.05, 3.63) is 25.3 Å². The van der Waals surface area contributed by atoms with Crippen LogP contribution >= 0.6 is 0 Å². The van der Waals surface area contributed by atoms with Crippen molar-refractivity contribution in [2.24, 2.45) is 0 Å². The number of carbonyl (C=O) groups excluding carboxylic acids is 2. The standard InChI is InChI=1S/C10H14O6/c1-3-8(12)15-6-10(14,5-11)7-16-9(13)4-2/h3-4,11,14H,1-2,5-7H2. The van der Waals surface area contributed by atoms with Crippen molar-refractivity contribution in [3.8, 4) is 0 Å². The number of rotatable bonds is 7. The summed E-state index contributed by atoms with van der Waals surface area (Å²) in [5.74, 6) is -1.50. The fourth-order valence-corrected chi connectivity index (χ4v) is 0.662. The quantitative estimate of drug-likeness (QED) is 0.438. The van der Waals surface area contributed by atoms with Crippen LogP contribution in [0, 0.1) is 0 Å². The van der Waals surface area contributed by atoms with Gasteiger partial charge in [-0.2, -0.15) is 0 Å². The Labute approximate surface area is 92.8 Å². The Morgan fingerprint density at radius 1 is 1.12 bits per heavy atom. The smallest absolute Gasteiger partial charge is 0.330 e. The molecule has 0 bridgehead atoms. The lowest BCUT2D eigenvalue weighted by atomic mass is 10.1. The number of hydrogen-bond acceptors (Lipinski definition) is 6. The van der Waals surface area contributed by atoms with Gasteiger partial charge in [0.15, 0.2) is 5.60 Å². The summed E-state index contributed by atoms with van der Waals surface area (Å²) in [5.41, 5.74) is -1.82. The van der Waals surface area contributed by atoms with Gasteiger partial charge in [-0.1, -0.05) is 13.2 Å². The largest absolute Gasteiger partial charge is 0.459 e. The van der Waals surface area contributed by atoms with Gasteiger partial charge in [0.25, 0.3) is 0 Å². The molecule has 0 aromatic rings. The van der Waals surface area contributed by atoms with Crippen LogP contribution in [-0.4, -0.2) is 47.6 Å². The number of hydrogen-bond donors (Lipinski definition) is 2. The highest BCUT2D eigenvalue weighted by atomic mass is 16.6. The van der Waals surface area contributed by atoms with Gasteiger partial charge in [0, 0.05) is 12.2 Å². The molecular formula is C10H14O6. The molecule has 0 aromatic heterocycles. The van der Waals surface area contributed by atoms with Crippen LogP contribution < -0.4 is 0 Å². The number of ether oxygens (including phenoxy) is 2. The Kier molecular flexibility index (Phi) is 6.06. The molecule has 0 heterocycles. The molecule has 0 amide bonds. The zero-order valence-electron chi connectivity index (χ0n) is 8.72. The molecule has 0 aromatic carbocycles. The third-order valence-electron chi connectivity index (χ3n) is 1.59. The molecular weight excluding hydrogens is 216 g/mol. The number of aliphatic hydroxyl groups is 2. The van der Waals surface area contributed by atoms with Gasteiger partial charge in [-0.15, -0.1) is 0 Å². The molecule has 0 fully saturated rings. The van der Waals surface area contributed by atoms with Crippen molar-refractivity contribution in [1.82, 2.24) is 0 Å². The van der Waals surface area contributed by atoms with Crippen LogP contribution in [-0.2, 0) is 19.1 Å². The van der Waals surface area contributed by atoms with Crippen LogP contribution in [0.3, 0.4) is 0 Å². The predicted octanol–water partition coefficient (Wildman–Crippen LogP) is -0.832. The first-order valence-corrected chi connectivity index (χ1v) is 4.39. The first kappa shape index (κ1) is 14.3. The molecule has 0 aliphatic rings. The molecule has 0 aliphatic carbocycles. The van der Waals surface area contributed by atoms with Crippen LogP contribution in [0.25, 0.3) is 0 Å². The second kappa shape index (κ2) is 6.76. The summed E-state index contributed by atoms with van der Waals surface area (Å²) in [6.45, 7) is 4.59. The second-order valence-electron chi connectivity index (χ2n) is 3.01. The predicted molar refractivity (Wildman–Crippen MR) is 54.3 cm³/mol. The summed E-state index contributed by atoms with van der Waals surface area (Å²) >= 11 is 0. The highest BCUT2D eigenvalue weighted by Gasteiger charge is 2.29. The SMILES string of the molecule is C=CC(=O)OCC(O)(CO)COC(=O)C=C. The van der Waals surface area contributed by atoms with Crippen LogP contribution in [0.15, 0.2) is 25.3 Å². The minimum atomic E-state index is -1.82. The van der Waals surface area contributed by atoms with E-state index in [1.54, 1.807) is 0 Å². The van der Waals surface area contributed by atoms with Gasteiger partial charge in [-0.05, 0) is 0 Å². The Balaban J connectivity index is 4.19. The molecule has 6 heteroatoms. The molecule has 0 unspecified atom stereocenters. The lowest BCUT2D eigenvalue weighted by Gasteiger charge is -2.24. The Morgan fingerprint density at radius 3 is 1.75 bits per heavy atom. The van der Waals surface area contributed by atoms with Gasteiger partial charge < -0.3 is 19.7 Å². The van der Waals surface area contributed by atoms with Crippen molar-refractivity contribution < 1.29 is 29.3 Å². The molecule has 0 aliphatic heterocycles. The molecule has 90 valence electrons. The van der Waals surface area contributed by atoms with E-state index < -0.39 is 37.4 Å². The summed E-state index contributed by atoms with van der Waals surface area (Å²) in [6.07, 6.45) is 1.82. The van der Waals surface area contributed by atoms with E-state index in [1.165, 1.54) is 0 Å². The summed E-state index contributed by atoms with van der Waals surface area (Å²) in [4.78, 5) is 21.4. The molecule has 0 radical (unpaired) electrons. The van der Waals surface area contributed by atoms with Crippen molar-refractivity contribution in [2.75, 3.05) is 19.8 Å². The molecule has 0 spiro atoms. The van der Waals surface area contributed by atoms with Gasteiger partial charge in [0.2, 0.25) is 0 Å². The van der Waals surface area contributed by atoms with E-state index in [9.17, 15) is 14.7 Å². The molecule has 0 saturated carbocycles. The number of carbonyl (C=O) groups is 2. The topological polar surface area (TPSA) is 93.1 Å². The minimum absolute atomic E-state index is 0.501. The van der Waals surface area contributed by atoms with E-state index in [-0.39, 0.29) is 0 Å². The third-order valence-corrected chi connectivity index (χ3v) is 1.59. The maximum atomic E-state index is 10.7. The van der Waals surface area contributed by atoms with Crippen LogP contribution in [0.2, 0.25) is 0 Å². The summed E-state index contributed by atoms with van der Waals surface area (Å²) in [5, 5.41) is 18.5. The molecule has 2 N–H and O–H groups in total. The first-order valence-electron chi connectivity index (χ1n) is 4.39. The molecule has 0 saturated heterocycles. The van der Waals surface area contributed by atoms with Gasteiger partial charge in [0.05, 0.1) is 6.61 Å². The summed E-state index contributed by atoms with van der Waals surface area (Å²) < 4.78 is 9.06.